The minimum absolute atomic E-state index is 0.118. The van der Waals surface area contributed by atoms with Crippen molar-refractivity contribution in [3.05, 3.63) is 64.7 Å². The Morgan fingerprint density at radius 1 is 1.16 bits per heavy atom. The summed E-state index contributed by atoms with van der Waals surface area (Å²) in [6, 6.07) is 14.1. The Bertz CT molecular complexity index is 695. The SMILES string of the molecule is COc1cccc(C(O)C(O)CNC(=O)OCc2ccccc2)c1Cl. The highest BCUT2D eigenvalue weighted by Crippen LogP contribution is 2.32. The van der Waals surface area contributed by atoms with E-state index in [2.05, 4.69) is 5.32 Å². The second-order valence-corrected chi connectivity index (χ2v) is 5.70. The fourth-order valence-electron chi connectivity index (χ4n) is 2.19. The van der Waals surface area contributed by atoms with Crippen LogP contribution in [0.2, 0.25) is 5.02 Å². The standard InChI is InChI=1S/C18H20ClNO5/c1-24-15-9-5-8-13(16(15)19)17(22)14(21)10-20-18(23)25-11-12-6-3-2-4-7-12/h2-9,14,17,21-22H,10-11H2,1H3,(H,20,23). The third-order valence-electron chi connectivity index (χ3n) is 3.56. The summed E-state index contributed by atoms with van der Waals surface area (Å²) in [7, 11) is 1.46. The maximum atomic E-state index is 11.7. The highest BCUT2D eigenvalue weighted by Gasteiger charge is 2.23. The number of hydrogen-bond donors (Lipinski definition) is 3. The van der Waals surface area contributed by atoms with Gasteiger partial charge in [-0.3, -0.25) is 0 Å². The molecule has 0 bridgehead atoms. The Morgan fingerprint density at radius 3 is 2.56 bits per heavy atom. The van der Waals surface area contributed by atoms with E-state index in [1.165, 1.54) is 7.11 Å². The van der Waals surface area contributed by atoms with Crippen molar-refractivity contribution in [2.75, 3.05) is 13.7 Å². The second-order valence-electron chi connectivity index (χ2n) is 5.32. The fraction of sp³-hybridized carbons (Fsp3) is 0.278. The van der Waals surface area contributed by atoms with E-state index in [4.69, 9.17) is 21.1 Å². The van der Waals surface area contributed by atoms with Gasteiger partial charge >= 0.3 is 6.09 Å². The Labute approximate surface area is 151 Å². The van der Waals surface area contributed by atoms with Crippen molar-refractivity contribution in [2.45, 2.75) is 18.8 Å². The number of ether oxygens (including phenoxy) is 2. The van der Waals surface area contributed by atoms with Crippen molar-refractivity contribution in [1.29, 1.82) is 0 Å². The number of rotatable bonds is 7. The summed E-state index contributed by atoms with van der Waals surface area (Å²) >= 11 is 6.12. The zero-order valence-corrected chi connectivity index (χ0v) is 14.4. The summed E-state index contributed by atoms with van der Waals surface area (Å²) in [4.78, 5) is 11.7. The molecule has 0 heterocycles. The number of nitrogens with one attached hydrogen (secondary N) is 1. The van der Waals surface area contributed by atoms with Gasteiger partial charge in [-0.1, -0.05) is 54.1 Å². The molecule has 0 aliphatic carbocycles. The summed E-state index contributed by atoms with van der Waals surface area (Å²) in [5.41, 5.74) is 1.16. The van der Waals surface area contributed by atoms with Crippen molar-refractivity contribution in [2.24, 2.45) is 0 Å². The number of halogens is 1. The van der Waals surface area contributed by atoms with E-state index in [1.54, 1.807) is 18.2 Å². The van der Waals surface area contributed by atoms with Crippen LogP contribution in [0.3, 0.4) is 0 Å². The molecule has 0 spiro atoms. The molecule has 1 amide bonds. The zero-order chi connectivity index (χ0) is 18.2. The van der Waals surface area contributed by atoms with Crippen LogP contribution in [0.25, 0.3) is 0 Å². The van der Waals surface area contributed by atoms with Gasteiger partial charge in [-0.05, 0) is 11.6 Å². The molecule has 0 aliphatic heterocycles. The van der Waals surface area contributed by atoms with E-state index in [-0.39, 0.29) is 18.2 Å². The Balaban J connectivity index is 1.85. The van der Waals surface area contributed by atoms with Gasteiger partial charge in [-0.15, -0.1) is 0 Å². The van der Waals surface area contributed by atoms with E-state index in [1.807, 2.05) is 30.3 Å². The van der Waals surface area contributed by atoms with E-state index >= 15 is 0 Å². The number of aliphatic hydroxyl groups is 2. The molecule has 0 saturated carbocycles. The van der Waals surface area contributed by atoms with Gasteiger partial charge in [0.1, 0.15) is 24.6 Å². The average molecular weight is 366 g/mol. The predicted molar refractivity (Wildman–Crippen MR) is 93.6 cm³/mol. The lowest BCUT2D eigenvalue weighted by Gasteiger charge is -2.20. The Hall–Kier alpha value is -2.28. The van der Waals surface area contributed by atoms with Crippen LogP contribution in [0.5, 0.6) is 5.75 Å². The topological polar surface area (TPSA) is 88.0 Å². The van der Waals surface area contributed by atoms with Crippen molar-refractivity contribution in [3.8, 4) is 5.75 Å². The third kappa shape index (κ3) is 5.35. The molecule has 2 rings (SSSR count). The quantitative estimate of drug-likeness (QED) is 0.702. The highest BCUT2D eigenvalue weighted by molar-refractivity contribution is 6.32. The number of carbonyl (C=O) groups excluding carboxylic acids is 1. The molecule has 0 saturated heterocycles. The monoisotopic (exact) mass is 365 g/mol. The minimum Gasteiger partial charge on any atom is -0.495 e. The molecule has 0 aliphatic rings. The van der Waals surface area contributed by atoms with Crippen molar-refractivity contribution >= 4 is 17.7 Å². The first-order chi connectivity index (χ1) is 12.0. The first-order valence-electron chi connectivity index (χ1n) is 7.66. The number of benzene rings is 2. The maximum Gasteiger partial charge on any atom is 0.407 e. The smallest absolute Gasteiger partial charge is 0.407 e. The lowest BCUT2D eigenvalue weighted by Crippen LogP contribution is -2.35. The van der Waals surface area contributed by atoms with Crippen molar-refractivity contribution < 1.29 is 24.5 Å². The number of carbonyl (C=O) groups is 1. The van der Waals surface area contributed by atoms with Gasteiger partial charge in [-0.2, -0.15) is 0 Å². The lowest BCUT2D eigenvalue weighted by atomic mass is 10.0. The van der Waals surface area contributed by atoms with Crippen LogP contribution < -0.4 is 10.1 Å². The van der Waals surface area contributed by atoms with Crippen molar-refractivity contribution in [1.82, 2.24) is 5.32 Å². The molecule has 3 N–H and O–H groups in total. The van der Waals surface area contributed by atoms with Crippen LogP contribution in [-0.4, -0.2) is 36.1 Å². The summed E-state index contributed by atoms with van der Waals surface area (Å²) in [6.45, 7) is -0.0740. The molecule has 0 radical (unpaired) electrons. The molecule has 0 aromatic heterocycles. The minimum atomic E-state index is -1.28. The summed E-state index contributed by atoms with van der Waals surface area (Å²) < 4.78 is 10.1. The van der Waals surface area contributed by atoms with Crippen LogP contribution in [0.15, 0.2) is 48.5 Å². The van der Waals surface area contributed by atoms with Crippen molar-refractivity contribution in [3.63, 3.8) is 0 Å². The van der Waals surface area contributed by atoms with Gasteiger partial charge in [0.05, 0.1) is 12.1 Å². The lowest BCUT2D eigenvalue weighted by molar-refractivity contribution is 0.0183. The van der Waals surface area contributed by atoms with Crippen LogP contribution >= 0.6 is 11.6 Å². The van der Waals surface area contributed by atoms with Crippen LogP contribution in [0.4, 0.5) is 4.79 Å². The van der Waals surface area contributed by atoms with E-state index < -0.39 is 18.3 Å². The zero-order valence-electron chi connectivity index (χ0n) is 13.7. The normalized spacial score (nSPS) is 13.0. The molecule has 2 atom stereocenters. The van der Waals surface area contributed by atoms with Gasteiger partial charge < -0.3 is 25.0 Å². The van der Waals surface area contributed by atoms with Crippen LogP contribution in [0, 0.1) is 0 Å². The summed E-state index contributed by atoms with van der Waals surface area (Å²) in [5.74, 6) is 0.389. The molecule has 6 nitrogen and oxygen atoms in total. The van der Waals surface area contributed by atoms with Gasteiger partial charge in [0.15, 0.2) is 0 Å². The first-order valence-corrected chi connectivity index (χ1v) is 8.03. The van der Waals surface area contributed by atoms with Gasteiger partial charge in [-0.25, -0.2) is 4.79 Å². The number of aliphatic hydroxyl groups excluding tert-OH is 2. The molecular weight excluding hydrogens is 346 g/mol. The molecule has 2 aromatic rings. The predicted octanol–water partition coefficient (Wildman–Crippen LogP) is 2.67. The Kier molecular flexibility index (Phi) is 7.06. The van der Waals surface area contributed by atoms with Gasteiger partial charge in [0.2, 0.25) is 0 Å². The molecule has 0 fully saturated rings. The largest absolute Gasteiger partial charge is 0.495 e. The molecule has 25 heavy (non-hydrogen) atoms. The summed E-state index contributed by atoms with van der Waals surface area (Å²) in [5, 5.41) is 22.9. The number of alkyl carbamates (subject to hydrolysis) is 1. The van der Waals surface area contributed by atoms with Gasteiger partial charge in [0.25, 0.3) is 0 Å². The van der Waals surface area contributed by atoms with E-state index in [0.29, 0.717) is 11.3 Å². The van der Waals surface area contributed by atoms with Crippen LogP contribution in [-0.2, 0) is 11.3 Å². The van der Waals surface area contributed by atoms with Gasteiger partial charge in [0, 0.05) is 12.1 Å². The highest BCUT2D eigenvalue weighted by atomic mass is 35.5. The summed E-state index contributed by atoms with van der Waals surface area (Å²) in [6.07, 6.45) is -3.22. The average Bonchev–Trinajstić information content (AvgIpc) is 2.65. The molecule has 2 unspecified atom stereocenters. The molecule has 2 aromatic carbocycles. The second kappa shape index (κ2) is 9.27. The third-order valence-corrected chi connectivity index (χ3v) is 3.97. The van der Waals surface area contributed by atoms with E-state index in [9.17, 15) is 15.0 Å². The molecule has 134 valence electrons. The number of amides is 1. The molecular formula is C18H20ClNO5. The number of hydrogen-bond acceptors (Lipinski definition) is 5. The van der Waals surface area contributed by atoms with Crippen LogP contribution in [0.1, 0.15) is 17.2 Å². The van der Waals surface area contributed by atoms with E-state index in [0.717, 1.165) is 5.56 Å². The Morgan fingerprint density at radius 2 is 1.88 bits per heavy atom. The number of methoxy groups -OCH3 is 1. The molecule has 7 heteroatoms. The first kappa shape index (κ1) is 19.1. The maximum absolute atomic E-state index is 11.7. The fourth-order valence-corrected chi connectivity index (χ4v) is 2.51.